The highest BCUT2D eigenvalue weighted by molar-refractivity contribution is 5.79. The van der Waals surface area contributed by atoms with Gasteiger partial charge >= 0.3 is 0 Å². The quantitative estimate of drug-likeness (QED) is 0.656. The predicted octanol–water partition coefficient (Wildman–Crippen LogP) is 1.18. The maximum Gasteiger partial charge on any atom is 0.225 e. The standard InChI is InChI=1S/C16H20N6O2/c23-16(12-5-10-24-11-12)19-9-8-18-14-1-2-15(22-21-14)20-13-3-6-17-7-4-13/h1-4,6-7,12H,5,8-11H2,(H,18,21)(H,19,23)(H,17,20,22)/t12-/m0/s1. The van der Waals surface area contributed by atoms with Gasteiger partial charge in [-0.1, -0.05) is 0 Å². The summed E-state index contributed by atoms with van der Waals surface area (Å²) in [6.45, 7) is 2.32. The van der Waals surface area contributed by atoms with E-state index in [2.05, 4.69) is 31.1 Å². The Morgan fingerprint density at radius 3 is 2.62 bits per heavy atom. The van der Waals surface area contributed by atoms with Crippen LogP contribution < -0.4 is 16.0 Å². The van der Waals surface area contributed by atoms with Crippen LogP contribution in [0.25, 0.3) is 0 Å². The van der Waals surface area contributed by atoms with Crippen LogP contribution in [0.2, 0.25) is 0 Å². The van der Waals surface area contributed by atoms with Crippen molar-refractivity contribution < 1.29 is 9.53 Å². The number of hydrogen-bond acceptors (Lipinski definition) is 7. The number of carbonyl (C=O) groups excluding carboxylic acids is 1. The minimum absolute atomic E-state index is 0.0108. The highest BCUT2D eigenvalue weighted by atomic mass is 16.5. The summed E-state index contributed by atoms with van der Waals surface area (Å²) in [6, 6.07) is 7.38. The lowest BCUT2D eigenvalue weighted by molar-refractivity contribution is -0.124. The second-order valence-corrected chi connectivity index (χ2v) is 5.44. The third-order valence-electron chi connectivity index (χ3n) is 3.65. The molecule has 1 amide bonds. The summed E-state index contributed by atoms with van der Waals surface area (Å²) in [5, 5.41) is 17.3. The van der Waals surface area contributed by atoms with Crippen molar-refractivity contribution in [3.8, 4) is 0 Å². The lowest BCUT2D eigenvalue weighted by Gasteiger charge is -2.10. The number of hydrogen-bond donors (Lipinski definition) is 3. The van der Waals surface area contributed by atoms with E-state index in [0.29, 0.717) is 37.9 Å². The Kier molecular flexibility index (Phi) is 5.52. The first-order chi connectivity index (χ1) is 11.8. The van der Waals surface area contributed by atoms with Gasteiger partial charge in [-0.2, -0.15) is 0 Å². The van der Waals surface area contributed by atoms with Crippen LogP contribution in [0.3, 0.4) is 0 Å². The van der Waals surface area contributed by atoms with Gasteiger partial charge in [0.05, 0.1) is 12.5 Å². The summed E-state index contributed by atoms with van der Waals surface area (Å²) in [6.07, 6.45) is 4.21. The number of carbonyl (C=O) groups is 1. The molecule has 24 heavy (non-hydrogen) atoms. The van der Waals surface area contributed by atoms with Crippen LogP contribution in [0, 0.1) is 5.92 Å². The van der Waals surface area contributed by atoms with Gasteiger partial charge in [-0.3, -0.25) is 9.78 Å². The molecule has 1 saturated heterocycles. The van der Waals surface area contributed by atoms with Crippen LogP contribution in [0.4, 0.5) is 17.3 Å². The molecular weight excluding hydrogens is 308 g/mol. The third-order valence-corrected chi connectivity index (χ3v) is 3.65. The van der Waals surface area contributed by atoms with Crippen LogP contribution in [-0.4, -0.2) is 47.4 Å². The maximum atomic E-state index is 11.8. The van der Waals surface area contributed by atoms with E-state index in [1.807, 2.05) is 24.3 Å². The average Bonchev–Trinajstić information content (AvgIpc) is 3.16. The molecule has 3 rings (SSSR count). The fourth-order valence-electron chi connectivity index (χ4n) is 2.34. The fraction of sp³-hybridized carbons (Fsp3) is 0.375. The van der Waals surface area contributed by atoms with Crippen molar-refractivity contribution in [2.24, 2.45) is 5.92 Å². The van der Waals surface area contributed by atoms with Gasteiger partial charge in [-0.25, -0.2) is 0 Å². The minimum Gasteiger partial charge on any atom is -0.381 e. The van der Waals surface area contributed by atoms with Crippen molar-refractivity contribution in [1.29, 1.82) is 0 Å². The van der Waals surface area contributed by atoms with E-state index >= 15 is 0 Å². The van der Waals surface area contributed by atoms with Crippen LogP contribution in [-0.2, 0) is 9.53 Å². The van der Waals surface area contributed by atoms with Crippen molar-refractivity contribution in [2.45, 2.75) is 6.42 Å². The summed E-state index contributed by atoms with van der Waals surface area (Å²) in [7, 11) is 0. The normalized spacial score (nSPS) is 16.6. The number of aromatic nitrogens is 3. The van der Waals surface area contributed by atoms with Gasteiger partial charge in [-0.15, -0.1) is 10.2 Å². The van der Waals surface area contributed by atoms with Crippen molar-refractivity contribution in [3.63, 3.8) is 0 Å². The lowest BCUT2D eigenvalue weighted by atomic mass is 10.1. The van der Waals surface area contributed by atoms with E-state index < -0.39 is 0 Å². The summed E-state index contributed by atoms with van der Waals surface area (Å²) < 4.78 is 5.20. The average molecular weight is 328 g/mol. The monoisotopic (exact) mass is 328 g/mol. The van der Waals surface area contributed by atoms with Crippen molar-refractivity contribution in [2.75, 3.05) is 36.9 Å². The van der Waals surface area contributed by atoms with E-state index in [9.17, 15) is 4.79 Å². The third kappa shape index (κ3) is 4.63. The SMILES string of the molecule is O=C(NCCNc1ccc(Nc2ccncc2)nn1)[C@H]1CCOC1. The molecule has 3 heterocycles. The van der Waals surface area contributed by atoms with Gasteiger partial charge in [0.1, 0.15) is 5.82 Å². The van der Waals surface area contributed by atoms with Crippen LogP contribution in [0.15, 0.2) is 36.7 Å². The zero-order valence-corrected chi connectivity index (χ0v) is 13.2. The molecule has 0 radical (unpaired) electrons. The van der Waals surface area contributed by atoms with Crippen LogP contribution in [0.1, 0.15) is 6.42 Å². The van der Waals surface area contributed by atoms with Crippen LogP contribution >= 0.6 is 0 Å². The van der Waals surface area contributed by atoms with E-state index in [-0.39, 0.29) is 11.8 Å². The van der Waals surface area contributed by atoms with Gasteiger partial charge in [0, 0.05) is 37.8 Å². The van der Waals surface area contributed by atoms with Crippen LogP contribution in [0.5, 0.6) is 0 Å². The molecule has 0 bridgehead atoms. The molecular formula is C16H20N6O2. The summed E-state index contributed by atoms with van der Waals surface area (Å²) in [4.78, 5) is 15.8. The molecule has 0 unspecified atom stereocenters. The molecule has 2 aromatic heterocycles. The number of nitrogens with zero attached hydrogens (tertiary/aromatic N) is 3. The Morgan fingerprint density at radius 2 is 1.92 bits per heavy atom. The Hall–Kier alpha value is -2.74. The Labute approximate surface area is 140 Å². The fourth-order valence-corrected chi connectivity index (χ4v) is 2.34. The Balaban J connectivity index is 1.39. The van der Waals surface area contributed by atoms with E-state index in [1.165, 1.54) is 0 Å². The number of amides is 1. The van der Waals surface area contributed by atoms with E-state index in [1.54, 1.807) is 12.4 Å². The number of anilines is 3. The van der Waals surface area contributed by atoms with Gasteiger partial charge < -0.3 is 20.7 Å². The molecule has 8 heteroatoms. The van der Waals surface area contributed by atoms with E-state index in [4.69, 9.17) is 4.74 Å². The van der Waals surface area contributed by atoms with Gasteiger partial charge in [-0.05, 0) is 30.7 Å². The molecule has 0 saturated carbocycles. The first-order valence-electron chi connectivity index (χ1n) is 7.91. The van der Waals surface area contributed by atoms with Crippen molar-refractivity contribution in [3.05, 3.63) is 36.7 Å². The highest BCUT2D eigenvalue weighted by Crippen LogP contribution is 2.13. The number of pyridine rings is 1. The lowest BCUT2D eigenvalue weighted by Crippen LogP contribution is -2.34. The molecule has 1 aliphatic rings. The molecule has 1 aliphatic heterocycles. The smallest absolute Gasteiger partial charge is 0.225 e. The summed E-state index contributed by atoms with van der Waals surface area (Å²) >= 11 is 0. The second-order valence-electron chi connectivity index (χ2n) is 5.44. The molecule has 1 fully saturated rings. The van der Waals surface area contributed by atoms with Gasteiger partial charge in [0.15, 0.2) is 5.82 Å². The molecule has 2 aromatic rings. The molecule has 0 aliphatic carbocycles. The zero-order valence-electron chi connectivity index (χ0n) is 13.2. The minimum atomic E-state index is -0.0108. The first-order valence-corrected chi connectivity index (χ1v) is 7.91. The maximum absolute atomic E-state index is 11.8. The first kappa shape index (κ1) is 16.1. The van der Waals surface area contributed by atoms with Crippen molar-refractivity contribution >= 4 is 23.2 Å². The number of rotatable bonds is 7. The topological polar surface area (TPSA) is 101 Å². The van der Waals surface area contributed by atoms with Gasteiger partial charge in [0.25, 0.3) is 0 Å². The summed E-state index contributed by atoms with van der Waals surface area (Å²) in [5.41, 5.74) is 0.901. The molecule has 0 spiro atoms. The number of nitrogens with one attached hydrogen (secondary N) is 3. The summed E-state index contributed by atoms with van der Waals surface area (Å²) in [5.74, 6) is 1.36. The zero-order chi connectivity index (χ0) is 16.6. The molecule has 8 nitrogen and oxygen atoms in total. The highest BCUT2D eigenvalue weighted by Gasteiger charge is 2.22. The molecule has 126 valence electrons. The van der Waals surface area contributed by atoms with Crippen molar-refractivity contribution in [1.82, 2.24) is 20.5 Å². The largest absolute Gasteiger partial charge is 0.381 e. The van der Waals surface area contributed by atoms with Gasteiger partial charge in [0.2, 0.25) is 5.91 Å². The molecule has 0 aromatic carbocycles. The predicted molar refractivity (Wildman–Crippen MR) is 90.0 cm³/mol. The Morgan fingerprint density at radius 1 is 1.12 bits per heavy atom. The number of ether oxygens (including phenoxy) is 1. The second kappa shape index (κ2) is 8.21. The molecule has 3 N–H and O–H groups in total. The Bertz CT molecular complexity index is 643. The van der Waals surface area contributed by atoms with E-state index in [0.717, 1.165) is 12.1 Å². The molecule has 1 atom stereocenters.